The zero-order valence-corrected chi connectivity index (χ0v) is 13.3. The van der Waals surface area contributed by atoms with Crippen LogP contribution in [0, 0.1) is 17.5 Å². The predicted octanol–water partition coefficient (Wildman–Crippen LogP) is 3.67. The molecule has 0 aliphatic carbocycles. The molecule has 1 aliphatic heterocycles. The van der Waals surface area contributed by atoms with E-state index in [4.69, 9.17) is 4.52 Å². The Morgan fingerprint density at radius 3 is 2.69 bits per heavy atom. The molecule has 1 atom stereocenters. The molecular formula is C18H12F3N3O2. The fourth-order valence-electron chi connectivity index (χ4n) is 2.92. The second kappa shape index (κ2) is 6.29. The molecule has 4 rings (SSSR count). The van der Waals surface area contributed by atoms with Crippen LogP contribution in [0.4, 0.5) is 18.9 Å². The van der Waals surface area contributed by atoms with Gasteiger partial charge in [0.15, 0.2) is 11.6 Å². The van der Waals surface area contributed by atoms with E-state index in [1.54, 1.807) is 6.07 Å². The molecule has 3 aromatic rings. The highest BCUT2D eigenvalue weighted by Crippen LogP contribution is 2.32. The van der Waals surface area contributed by atoms with Crippen LogP contribution >= 0.6 is 0 Å². The Labute approximate surface area is 146 Å². The largest absolute Gasteiger partial charge is 0.339 e. The lowest BCUT2D eigenvalue weighted by Crippen LogP contribution is -2.24. The molecule has 0 saturated carbocycles. The number of halogens is 3. The van der Waals surface area contributed by atoms with E-state index in [0.717, 1.165) is 12.1 Å². The van der Waals surface area contributed by atoms with Crippen molar-refractivity contribution in [1.29, 1.82) is 0 Å². The summed E-state index contributed by atoms with van der Waals surface area (Å²) in [5, 5.41) is 3.83. The SMILES string of the molecule is O=C1CC(c2nc(-c3cccc(F)c3)no2)CN1c1ccc(F)c(F)c1. The molecule has 2 heterocycles. The minimum absolute atomic E-state index is 0.101. The van der Waals surface area contributed by atoms with Gasteiger partial charge in [-0.15, -0.1) is 0 Å². The predicted molar refractivity (Wildman–Crippen MR) is 85.8 cm³/mol. The van der Waals surface area contributed by atoms with E-state index >= 15 is 0 Å². The van der Waals surface area contributed by atoms with Gasteiger partial charge in [-0.2, -0.15) is 4.98 Å². The van der Waals surface area contributed by atoms with Gasteiger partial charge in [0.25, 0.3) is 0 Å². The number of carbonyl (C=O) groups excluding carboxylic acids is 1. The van der Waals surface area contributed by atoms with Crippen LogP contribution < -0.4 is 4.90 Å². The van der Waals surface area contributed by atoms with Crippen molar-refractivity contribution in [1.82, 2.24) is 10.1 Å². The summed E-state index contributed by atoms with van der Waals surface area (Å²) in [5.74, 6) is -2.61. The van der Waals surface area contributed by atoms with Crippen LogP contribution in [0.3, 0.4) is 0 Å². The summed E-state index contributed by atoms with van der Waals surface area (Å²) < 4.78 is 45.0. The molecule has 0 N–H and O–H groups in total. The molecule has 1 aromatic heterocycles. The van der Waals surface area contributed by atoms with Gasteiger partial charge in [-0.25, -0.2) is 13.2 Å². The maximum absolute atomic E-state index is 13.4. The fraction of sp³-hybridized carbons (Fsp3) is 0.167. The first kappa shape index (κ1) is 16.3. The van der Waals surface area contributed by atoms with Crippen molar-refractivity contribution >= 4 is 11.6 Å². The first-order valence-electron chi connectivity index (χ1n) is 7.86. The monoisotopic (exact) mass is 359 g/mol. The summed E-state index contributed by atoms with van der Waals surface area (Å²) in [7, 11) is 0. The lowest BCUT2D eigenvalue weighted by molar-refractivity contribution is -0.117. The molecular weight excluding hydrogens is 347 g/mol. The first-order valence-corrected chi connectivity index (χ1v) is 7.86. The third-order valence-electron chi connectivity index (χ3n) is 4.21. The van der Waals surface area contributed by atoms with Crippen molar-refractivity contribution < 1.29 is 22.5 Å². The summed E-state index contributed by atoms with van der Waals surface area (Å²) in [6.45, 7) is 0.203. The Morgan fingerprint density at radius 2 is 1.92 bits per heavy atom. The molecule has 8 heteroatoms. The summed E-state index contributed by atoms with van der Waals surface area (Å²) in [6, 6.07) is 9.05. The third-order valence-corrected chi connectivity index (χ3v) is 4.21. The highest BCUT2D eigenvalue weighted by molar-refractivity contribution is 5.96. The number of nitrogens with zero attached hydrogens (tertiary/aromatic N) is 3. The molecule has 1 amide bonds. The van der Waals surface area contributed by atoms with Crippen molar-refractivity contribution in [3.05, 3.63) is 65.8 Å². The number of aromatic nitrogens is 2. The van der Waals surface area contributed by atoms with E-state index < -0.39 is 17.5 Å². The van der Waals surface area contributed by atoms with Crippen LogP contribution in [-0.4, -0.2) is 22.6 Å². The highest BCUT2D eigenvalue weighted by atomic mass is 19.2. The average Bonchev–Trinajstić information content (AvgIpc) is 3.24. The molecule has 1 saturated heterocycles. The summed E-state index contributed by atoms with van der Waals surface area (Å²) >= 11 is 0. The Bertz CT molecular complexity index is 989. The van der Waals surface area contributed by atoms with Gasteiger partial charge in [0, 0.05) is 30.3 Å². The molecule has 1 fully saturated rings. The van der Waals surface area contributed by atoms with Crippen molar-refractivity contribution in [2.75, 3.05) is 11.4 Å². The molecule has 1 aliphatic rings. The Hall–Kier alpha value is -3.16. The quantitative estimate of drug-likeness (QED) is 0.716. The van der Waals surface area contributed by atoms with E-state index in [0.29, 0.717) is 5.56 Å². The molecule has 0 bridgehead atoms. The number of rotatable bonds is 3. The smallest absolute Gasteiger partial charge is 0.232 e. The minimum atomic E-state index is -1.02. The number of benzene rings is 2. The molecule has 132 valence electrons. The second-order valence-corrected chi connectivity index (χ2v) is 5.97. The third kappa shape index (κ3) is 2.94. The van der Waals surface area contributed by atoms with Gasteiger partial charge in [-0.3, -0.25) is 4.79 Å². The van der Waals surface area contributed by atoms with Gasteiger partial charge < -0.3 is 9.42 Å². The summed E-state index contributed by atoms with van der Waals surface area (Å²) in [6.07, 6.45) is 0.101. The first-order chi connectivity index (χ1) is 12.5. The van der Waals surface area contributed by atoms with Crippen LogP contribution in [0.2, 0.25) is 0 Å². The maximum atomic E-state index is 13.4. The fourth-order valence-corrected chi connectivity index (χ4v) is 2.92. The Morgan fingerprint density at radius 1 is 1.08 bits per heavy atom. The maximum Gasteiger partial charge on any atom is 0.232 e. The average molecular weight is 359 g/mol. The highest BCUT2D eigenvalue weighted by Gasteiger charge is 2.35. The molecule has 0 spiro atoms. The molecule has 1 unspecified atom stereocenters. The number of hydrogen-bond donors (Lipinski definition) is 0. The Balaban J connectivity index is 1.56. The minimum Gasteiger partial charge on any atom is -0.339 e. The number of anilines is 1. The van der Waals surface area contributed by atoms with Crippen LogP contribution in [0.5, 0.6) is 0 Å². The van der Waals surface area contributed by atoms with Gasteiger partial charge in [-0.05, 0) is 24.3 Å². The van der Waals surface area contributed by atoms with Gasteiger partial charge in [0.1, 0.15) is 5.82 Å². The van der Waals surface area contributed by atoms with Crippen molar-refractivity contribution in [3.8, 4) is 11.4 Å². The van der Waals surface area contributed by atoms with Crippen LogP contribution in [0.25, 0.3) is 11.4 Å². The van der Waals surface area contributed by atoms with Gasteiger partial charge in [-0.1, -0.05) is 17.3 Å². The van der Waals surface area contributed by atoms with E-state index in [9.17, 15) is 18.0 Å². The van der Waals surface area contributed by atoms with E-state index in [1.807, 2.05) is 0 Å². The second-order valence-electron chi connectivity index (χ2n) is 5.97. The van der Waals surface area contributed by atoms with Gasteiger partial charge in [0.2, 0.25) is 17.6 Å². The van der Waals surface area contributed by atoms with Crippen LogP contribution in [-0.2, 0) is 4.79 Å². The number of hydrogen-bond acceptors (Lipinski definition) is 4. The topological polar surface area (TPSA) is 59.2 Å². The molecule has 0 radical (unpaired) electrons. The number of carbonyl (C=O) groups is 1. The zero-order valence-electron chi connectivity index (χ0n) is 13.3. The van der Waals surface area contributed by atoms with Crippen LogP contribution in [0.15, 0.2) is 47.0 Å². The van der Waals surface area contributed by atoms with E-state index in [2.05, 4.69) is 10.1 Å². The number of amides is 1. The van der Waals surface area contributed by atoms with Gasteiger partial charge in [0.05, 0.1) is 5.92 Å². The molecule has 26 heavy (non-hydrogen) atoms. The lowest BCUT2D eigenvalue weighted by atomic mass is 10.1. The van der Waals surface area contributed by atoms with Crippen molar-refractivity contribution in [3.63, 3.8) is 0 Å². The van der Waals surface area contributed by atoms with Crippen molar-refractivity contribution in [2.45, 2.75) is 12.3 Å². The van der Waals surface area contributed by atoms with Gasteiger partial charge >= 0.3 is 0 Å². The standard InChI is InChI=1S/C18H12F3N3O2/c19-12-3-1-2-10(6-12)17-22-18(26-23-17)11-7-16(25)24(9-11)13-4-5-14(20)15(21)8-13/h1-6,8,11H,7,9H2. The van der Waals surface area contributed by atoms with E-state index in [-0.39, 0.29) is 42.2 Å². The normalized spacial score (nSPS) is 17.1. The zero-order chi connectivity index (χ0) is 18.3. The molecule has 2 aromatic carbocycles. The molecule has 5 nitrogen and oxygen atoms in total. The van der Waals surface area contributed by atoms with Crippen LogP contribution in [0.1, 0.15) is 18.2 Å². The van der Waals surface area contributed by atoms with Crippen molar-refractivity contribution in [2.24, 2.45) is 0 Å². The lowest BCUT2D eigenvalue weighted by Gasteiger charge is -2.16. The summed E-state index contributed by atoms with van der Waals surface area (Å²) in [5.41, 5.74) is 0.725. The van der Waals surface area contributed by atoms with E-state index in [1.165, 1.54) is 29.2 Å². The Kier molecular flexibility index (Phi) is 3.95. The summed E-state index contributed by atoms with van der Waals surface area (Å²) in [4.78, 5) is 17.8.